The van der Waals surface area contributed by atoms with Crippen LogP contribution in [0.3, 0.4) is 0 Å². The van der Waals surface area contributed by atoms with Crippen LogP contribution >= 0.6 is 15.9 Å². The van der Waals surface area contributed by atoms with Gasteiger partial charge in [-0.25, -0.2) is 4.79 Å². The van der Waals surface area contributed by atoms with Gasteiger partial charge >= 0.3 is 6.09 Å². The van der Waals surface area contributed by atoms with Gasteiger partial charge in [-0.2, -0.15) is 0 Å². The van der Waals surface area contributed by atoms with Crippen LogP contribution < -0.4 is 10.6 Å². The van der Waals surface area contributed by atoms with Gasteiger partial charge in [-0.15, -0.1) is 0 Å². The number of rotatable bonds is 4. The van der Waals surface area contributed by atoms with Crippen molar-refractivity contribution in [2.45, 2.75) is 38.3 Å². The van der Waals surface area contributed by atoms with Crippen molar-refractivity contribution in [2.75, 3.05) is 6.54 Å². The molecule has 0 saturated carbocycles. The molecule has 0 fully saturated rings. The van der Waals surface area contributed by atoms with E-state index in [1.54, 1.807) is 0 Å². The van der Waals surface area contributed by atoms with Crippen LogP contribution in [0.25, 0.3) is 0 Å². The summed E-state index contributed by atoms with van der Waals surface area (Å²) in [4.78, 5) is 11.0. The zero-order valence-electron chi connectivity index (χ0n) is 10.9. The molecule has 5 heteroatoms. The Labute approximate surface area is 121 Å². The third kappa shape index (κ3) is 3.48. The molecule has 2 rings (SSSR count). The van der Waals surface area contributed by atoms with E-state index >= 15 is 0 Å². The lowest BCUT2D eigenvalue weighted by atomic mass is 9.84. The molecule has 0 bridgehead atoms. The van der Waals surface area contributed by atoms with Crippen molar-refractivity contribution in [1.82, 2.24) is 10.6 Å². The lowest BCUT2D eigenvalue weighted by Gasteiger charge is -2.34. The van der Waals surface area contributed by atoms with Gasteiger partial charge < -0.3 is 15.7 Å². The first kappa shape index (κ1) is 14.3. The van der Waals surface area contributed by atoms with Crippen molar-refractivity contribution in [3.05, 3.63) is 33.8 Å². The van der Waals surface area contributed by atoms with Crippen LogP contribution in [0.4, 0.5) is 4.79 Å². The summed E-state index contributed by atoms with van der Waals surface area (Å²) in [7, 11) is 0. The molecule has 1 amide bonds. The smallest absolute Gasteiger partial charge is 0.405 e. The molecule has 1 aliphatic carbocycles. The summed E-state index contributed by atoms with van der Waals surface area (Å²) >= 11 is 3.47. The molecule has 0 spiro atoms. The van der Waals surface area contributed by atoms with E-state index in [1.165, 1.54) is 5.56 Å². The van der Waals surface area contributed by atoms with Gasteiger partial charge in [0.15, 0.2) is 0 Å². The maximum absolute atomic E-state index is 11.0. The van der Waals surface area contributed by atoms with Crippen molar-refractivity contribution in [1.29, 1.82) is 0 Å². The topological polar surface area (TPSA) is 61.4 Å². The van der Waals surface area contributed by atoms with E-state index in [2.05, 4.69) is 39.6 Å². The number of carboxylic acid groups (broad SMARTS) is 1. The number of halogens is 1. The molecule has 0 saturated heterocycles. The molecule has 3 N–H and O–H groups in total. The van der Waals surface area contributed by atoms with Crippen molar-refractivity contribution in [3.63, 3.8) is 0 Å². The Balaban J connectivity index is 2.26. The predicted octanol–water partition coefficient (Wildman–Crippen LogP) is 3.07. The van der Waals surface area contributed by atoms with E-state index in [0.717, 1.165) is 35.8 Å². The van der Waals surface area contributed by atoms with Gasteiger partial charge in [0.25, 0.3) is 0 Å². The zero-order valence-corrected chi connectivity index (χ0v) is 12.5. The SMILES string of the molecule is CCCNC1CCc2cc(Br)ccc2[C@H]1NC(=O)O. The van der Waals surface area contributed by atoms with Gasteiger partial charge in [-0.1, -0.05) is 28.9 Å². The number of carbonyl (C=O) groups is 1. The Hall–Kier alpha value is -1.07. The monoisotopic (exact) mass is 326 g/mol. The summed E-state index contributed by atoms with van der Waals surface area (Å²) in [5.74, 6) is 0. The number of amides is 1. The summed E-state index contributed by atoms with van der Waals surface area (Å²) < 4.78 is 1.04. The quantitative estimate of drug-likeness (QED) is 0.796. The highest BCUT2D eigenvalue weighted by atomic mass is 79.9. The first-order valence-electron chi connectivity index (χ1n) is 6.63. The molecule has 0 aliphatic heterocycles. The second-order valence-electron chi connectivity index (χ2n) is 4.87. The molecular weight excluding hydrogens is 308 g/mol. The van der Waals surface area contributed by atoms with Crippen molar-refractivity contribution < 1.29 is 9.90 Å². The Morgan fingerprint density at radius 2 is 2.32 bits per heavy atom. The predicted molar refractivity (Wildman–Crippen MR) is 78.4 cm³/mol. The molecule has 19 heavy (non-hydrogen) atoms. The summed E-state index contributed by atoms with van der Waals surface area (Å²) in [6.07, 6.45) is 2.01. The van der Waals surface area contributed by atoms with Gasteiger partial charge in [-0.3, -0.25) is 0 Å². The summed E-state index contributed by atoms with van der Waals surface area (Å²) in [6, 6.07) is 6.07. The van der Waals surface area contributed by atoms with Gasteiger partial charge in [0, 0.05) is 10.5 Å². The minimum absolute atomic E-state index is 0.166. The molecule has 0 radical (unpaired) electrons. The van der Waals surface area contributed by atoms with E-state index in [1.807, 2.05) is 12.1 Å². The second kappa shape index (κ2) is 6.39. The number of aryl methyl sites for hydroxylation is 1. The number of nitrogens with one attached hydrogen (secondary N) is 2. The molecule has 1 aliphatic rings. The third-order valence-electron chi connectivity index (χ3n) is 3.50. The Morgan fingerprint density at radius 1 is 1.53 bits per heavy atom. The highest BCUT2D eigenvalue weighted by Crippen LogP contribution is 2.32. The largest absolute Gasteiger partial charge is 0.465 e. The summed E-state index contributed by atoms with van der Waals surface area (Å²) in [5, 5.41) is 15.1. The van der Waals surface area contributed by atoms with Crippen molar-refractivity contribution >= 4 is 22.0 Å². The van der Waals surface area contributed by atoms with Gasteiger partial charge in [0.1, 0.15) is 0 Å². The van der Waals surface area contributed by atoms with Crippen LogP contribution in [0, 0.1) is 0 Å². The summed E-state index contributed by atoms with van der Waals surface area (Å²) in [6.45, 7) is 3.02. The average molecular weight is 327 g/mol. The van der Waals surface area contributed by atoms with Crippen LogP contribution in [-0.4, -0.2) is 23.8 Å². The highest BCUT2D eigenvalue weighted by Gasteiger charge is 2.30. The third-order valence-corrected chi connectivity index (χ3v) is 4.00. The number of hydrogen-bond donors (Lipinski definition) is 3. The normalized spacial score (nSPS) is 21.8. The van der Waals surface area contributed by atoms with E-state index in [0.29, 0.717) is 0 Å². The minimum Gasteiger partial charge on any atom is -0.465 e. The zero-order chi connectivity index (χ0) is 13.8. The maximum Gasteiger partial charge on any atom is 0.405 e. The van der Waals surface area contributed by atoms with Gasteiger partial charge in [0.2, 0.25) is 0 Å². The Bertz CT molecular complexity index is 465. The average Bonchev–Trinajstić information content (AvgIpc) is 2.37. The van der Waals surface area contributed by atoms with E-state index in [-0.39, 0.29) is 12.1 Å². The molecule has 1 aromatic rings. The van der Waals surface area contributed by atoms with Crippen LogP contribution in [-0.2, 0) is 6.42 Å². The molecule has 0 heterocycles. The highest BCUT2D eigenvalue weighted by molar-refractivity contribution is 9.10. The van der Waals surface area contributed by atoms with Gasteiger partial charge in [0.05, 0.1) is 6.04 Å². The Kier molecular flexibility index (Phi) is 4.82. The number of hydrogen-bond acceptors (Lipinski definition) is 2. The van der Waals surface area contributed by atoms with Crippen molar-refractivity contribution in [2.24, 2.45) is 0 Å². The molecule has 104 valence electrons. The van der Waals surface area contributed by atoms with E-state index < -0.39 is 6.09 Å². The fourth-order valence-corrected chi connectivity index (χ4v) is 3.06. The van der Waals surface area contributed by atoms with Crippen LogP contribution in [0.1, 0.15) is 36.9 Å². The summed E-state index contributed by atoms with van der Waals surface area (Å²) in [5.41, 5.74) is 2.31. The van der Waals surface area contributed by atoms with E-state index in [9.17, 15) is 4.79 Å². The number of benzene rings is 1. The molecule has 2 atom stereocenters. The first-order chi connectivity index (χ1) is 9.11. The first-order valence-corrected chi connectivity index (χ1v) is 7.42. The van der Waals surface area contributed by atoms with Crippen LogP contribution in [0.5, 0.6) is 0 Å². The molecular formula is C14H19BrN2O2. The molecule has 0 aromatic heterocycles. The van der Waals surface area contributed by atoms with E-state index in [4.69, 9.17) is 5.11 Å². The van der Waals surface area contributed by atoms with Crippen LogP contribution in [0.15, 0.2) is 22.7 Å². The van der Waals surface area contributed by atoms with Gasteiger partial charge in [-0.05, 0) is 49.1 Å². The fraction of sp³-hybridized carbons (Fsp3) is 0.500. The molecule has 1 unspecified atom stereocenters. The molecule has 4 nitrogen and oxygen atoms in total. The van der Waals surface area contributed by atoms with Crippen LogP contribution in [0.2, 0.25) is 0 Å². The maximum atomic E-state index is 11.0. The lowest BCUT2D eigenvalue weighted by Crippen LogP contribution is -2.46. The lowest BCUT2D eigenvalue weighted by molar-refractivity contribution is 0.184. The fourth-order valence-electron chi connectivity index (χ4n) is 2.65. The Morgan fingerprint density at radius 3 is 3.00 bits per heavy atom. The molecule has 1 aromatic carbocycles. The number of fused-ring (bicyclic) bond motifs is 1. The second-order valence-corrected chi connectivity index (χ2v) is 5.79. The van der Waals surface area contributed by atoms with Crippen molar-refractivity contribution in [3.8, 4) is 0 Å². The minimum atomic E-state index is -0.968. The standard InChI is InChI=1S/C14H19BrN2O2/c1-2-7-16-12-6-3-9-8-10(15)4-5-11(9)13(12)17-14(18)19/h4-5,8,12-13,16-17H,2-3,6-7H2,1H3,(H,18,19)/t12?,13-/m1/s1.